The summed E-state index contributed by atoms with van der Waals surface area (Å²) in [6.45, 7) is 5.76. The molecule has 0 bridgehead atoms. The van der Waals surface area contributed by atoms with Crippen LogP contribution < -0.4 is 10.1 Å². The van der Waals surface area contributed by atoms with Crippen molar-refractivity contribution in [2.24, 2.45) is 0 Å². The number of benzene rings is 1. The van der Waals surface area contributed by atoms with Crippen molar-refractivity contribution in [3.05, 3.63) is 42.2 Å². The summed E-state index contributed by atoms with van der Waals surface area (Å²) < 4.78 is 11.7. The number of fused-ring (bicyclic) bond motifs is 1. The number of aryl methyl sites for hydroxylation is 1. The molecular weight excluding hydrogens is 364 g/mol. The molecule has 2 fully saturated rings. The van der Waals surface area contributed by atoms with E-state index in [0.717, 1.165) is 60.9 Å². The van der Waals surface area contributed by atoms with Gasteiger partial charge < -0.3 is 14.8 Å². The molecular formula is C23H26N4O2. The summed E-state index contributed by atoms with van der Waals surface area (Å²) >= 11 is 0. The highest BCUT2D eigenvalue weighted by Crippen LogP contribution is 2.38. The van der Waals surface area contributed by atoms with Gasteiger partial charge in [0.05, 0.1) is 24.1 Å². The van der Waals surface area contributed by atoms with Crippen molar-refractivity contribution in [3.63, 3.8) is 0 Å². The number of anilines is 1. The smallest absolute Gasteiger partial charge is 0.224 e. The number of nitrogens with one attached hydrogen (secondary N) is 1. The van der Waals surface area contributed by atoms with E-state index in [-0.39, 0.29) is 11.6 Å². The third-order valence-electron chi connectivity index (χ3n) is 5.77. The van der Waals surface area contributed by atoms with Gasteiger partial charge in [0.15, 0.2) is 0 Å². The van der Waals surface area contributed by atoms with Gasteiger partial charge in [0.1, 0.15) is 6.10 Å². The van der Waals surface area contributed by atoms with Gasteiger partial charge in [-0.3, -0.25) is 0 Å². The van der Waals surface area contributed by atoms with Crippen LogP contribution in [0.1, 0.15) is 38.2 Å². The predicted octanol–water partition coefficient (Wildman–Crippen LogP) is 4.52. The lowest BCUT2D eigenvalue weighted by Crippen LogP contribution is -2.26. The lowest BCUT2D eigenvalue weighted by atomic mass is 10.0. The van der Waals surface area contributed by atoms with Crippen LogP contribution in [0.5, 0.6) is 5.88 Å². The van der Waals surface area contributed by atoms with Gasteiger partial charge in [-0.1, -0.05) is 29.8 Å². The van der Waals surface area contributed by atoms with Crippen molar-refractivity contribution in [2.45, 2.75) is 51.2 Å². The van der Waals surface area contributed by atoms with E-state index in [2.05, 4.69) is 53.4 Å². The van der Waals surface area contributed by atoms with Crippen LogP contribution in [0.15, 0.2) is 36.7 Å². The molecule has 1 saturated heterocycles. The van der Waals surface area contributed by atoms with Crippen molar-refractivity contribution in [1.82, 2.24) is 15.0 Å². The number of hydrogen-bond acceptors (Lipinski definition) is 6. The Labute approximate surface area is 170 Å². The topological polar surface area (TPSA) is 69.2 Å². The molecule has 0 amide bonds. The zero-order valence-electron chi connectivity index (χ0n) is 16.9. The van der Waals surface area contributed by atoms with E-state index in [1.54, 1.807) is 0 Å². The van der Waals surface area contributed by atoms with Crippen LogP contribution in [0.3, 0.4) is 0 Å². The molecule has 29 heavy (non-hydrogen) atoms. The van der Waals surface area contributed by atoms with Crippen LogP contribution in [0, 0.1) is 6.92 Å². The van der Waals surface area contributed by atoms with Crippen molar-refractivity contribution < 1.29 is 9.47 Å². The molecule has 0 atom stereocenters. The summed E-state index contributed by atoms with van der Waals surface area (Å²) in [7, 11) is 0. The number of hydrogen-bond donors (Lipinski definition) is 1. The Kier molecular flexibility index (Phi) is 4.59. The van der Waals surface area contributed by atoms with Gasteiger partial charge in [-0.15, -0.1) is 0 Å². The number of nitrogens with zero attached hydrogens (tertiary/aromatic N) is 3. The van der Waals surface area contributed by atoms with E-state index in [0.29, 0.717) is 11.8 Å². The quantitative estimate of drug-likeness (QED) is 0.691. The maximum Gasteiger partial charge on any atom is 0.224 e. The average molecular weight is 390 g/mol. The van der Waals surface area contributed by atoms with Gasteiger partial charge in [-0.2, -0.15) is 0 Å². The Hall–Kier alpha value is -2.73. The number of aromatic nitrogens is 3. The lowest BCUT2D eigenvalue weighted by molar-refractivity contribution is 0.0244. The van der Waals surface area contributed by atoms with Crippen LogP contribution in [-0.4, -0.2) is 39.8 Å². The SMILES string of the molecule is Cc1cccc(-c2cnc(OC3CCOCC3)c3cnc(NC4(C)CC4)nc23)c1. The fourth-order valence-corrected chi connectivity index (χ4v) is 3.71. The Morgan fingerprint density at radius 3 is 2.72 bits per heavy atom. The van der Waals surface area contributed by atoms with Gasteiger partial charge in [0.2, 0.25) is 11.8 Å². The first-order valence-electron chi connectivity index (χ1n) is 10.4. The Balaban J connectivity index is 1.59. The van der Waals surface area contributed by atoms with E-state index in [9.17, 15) is 0 Å². The molecule has 0 radical (unpaired) electrons. The summed E-state index contributed by atoms with van der Waals surface area (Å²) in [6, 6.07) is 8.42. The molecule has 0 spiro atoms. The fourth-order valence-electron chi connectivity index (χ4n) is 3.71. The minimum Gasteiger partial charge on any atom is -0.474 e. The molecule has 1 aliphatic carbocycles. The Bertz CT molecular complexity index is 1040. The van der Waals surface area contributed by atoms with Crippen LogP contribution >= 0.6 is 0 Å². The molecule has 1 saturated carbocycles. The zero-order valence-corrected chi connectivity index (χ0v) is 16.9. The largest absolute Gasteiger partial charge is 0.474 e. The first-order valence-corrected chi connectivity index (χ1v) is 10.4. The molecule has 0 unspecified atom stereocenters. The summed E-state index contributed by atoms with van der Waals surface area (Å²) in [5.41, 5.74) is 4.29. The van der Waals surface area contributed by atoms with Crippen molar-refractivity contribution in [2.75, 3.05) is 18.5 Å². The van der Waals surface area contributed by atoms with Crippen molar-refractivity contribution >= 4 is 16.9 Å². The van der Waals surface area contributed by atoms with E-state index < -0.39 is 0 Å². The molecule has 1 aromatic carbocycles. The second kappa shape index (κ2) is 7.26. The maximum atomic E-state index is 6.24. The molecule has 2 aliphatic rings. The van der Waals surface area contributed by atoms with E-state index in [4.69, 9.17) is 14.5 Å². The summed E-state index contributed by atoms with van der Waals surface area (Å²) in [4.78, 5) is 14.1. The summed E-state index contributed by atoms with van der Waals surface area (Å²) in [6.07, 6.45) is 7.89. The summed E-state index contributed by atoms with van der Waals surface area (Å²) in [5.74, 6) is 1.27. The van der Waals surface area contributed by atoms with Gasteiger partial charge in [-0.05, 0) is 32.3 Å². The third-order valence-corrected chi connectivity index (χ3v) is 5.77. The molecule has 3 heterocycles. The Morgan fingerprint density at radius 1 is 1.14 bits per heavy atom. The first-order chi connectivity index (χ1) is 14.1. The van der Waals surface area contributed by atoms with E-state index >= 15 is 0 Å². The number of ether oxygens (including phenoxy) is 2. The van der Waals surface area contributed by atoms with E-state index in [1.165, 1.54) is 5.56 Å². The molecule has 2 aromatic heterocycles. The Morgan fingerprint density at radius 2 is 1.97 bits per heavy atom. The highest BCUT2D eigenvalue weighted by atomic mass is 16.5. The predicted molar refractivity (Wildman–Crippen MR) is 113 cm³/mol. The molecule has 150 valence electrons. The van der Waals surface area contributed by atoms with Gasteiger partial charge in [0, 0.05) is 36.3 Å². The molecule has 5 rings (SSSR count). The first kappa shape index (κ1) is 18.3. The summed E-state index contributed by atoms with van der Waals surface area (Å²) in [5, 5.41) is 4.32. The molecule has 6 heteroatoms. The number of rotatable bonds is 5. The monoisotopic (exact) mass is 390 g/mol. The molecule has 6 nitrogen and oxygen atoms in total. The van der Waals surface area contributed by atoms with Gasteiger partial charge in [-0.25, -0.2) is 15.0 Å². The van der Waals surface area contributed by atoms with Crippen LogP contribution in [0.25, 0.3) is 22.0 Å². The third kappa shape index (κ3) is 3.90. The standard InChI is InChI=1S/C23H26N4O2/c1-15-4-3-5-16(12-15)18-13-24-21(29-17-6-10-28-11-7-17)19-14-25-22(26-20(18)19)27-23(2)8-9-23/h3-5,12-14,17H,6-11H2,1-2H3,(H,25,26,27). The lowest BCUT2D eigenvalue weighted by Gasteiger charge is -2.23. The molecule has 3 aromatic rings. The minimum atomic E-state index is 0.117. The maximum absolute atomic E-state index is 6.24. The fraction of sp³-hybridized carbons (Fsp3) is 0.435. The molecule has 1 aliphatic heterocycles. The normalized spacial score (nSPS) is 18.6. The van der Waals surface area contributed by atoms with Crippen molar-refractivity contribution in [1.29, 1.82) is 0 Å². The molecule has 1 N–H and O–H groups in total. The second-order valence-corrected chi connectivity index (χ2v) is 8.42. The van der Waals surface area contributed by atoms with Crippen LogP contribution in [0.2, 0.25) is 0 Å². The second-order valence-electron chi connectivity index (χ2n) is 8.42. The number of pyridine rings is 1. The van der Waals surface area contributed by atoms with E-state index in [1.807, 2.05) is 12.4 Å². The van der Waals surface area contributed by atoms with Crippen molar-refractivity contribution in [3.8, 4) is 17.0 Å². The van der Waals surface area contributed by atoms with Gasteiger partial charge >= 0.3 is 0 Å². The minimum absolute atomic E-state index is 0.117. The zero-order chi connectivity index (χ0) is 19.8. The van der Waals surface area contributed by atoms with Crippen LogP contribution in [-0.2, 0) is 4.74 Å². The highest BCUT2D eigenvalue weighted by Gasteiger charge is 2.38. The van der Waals surface area contributed by atoms with Crippen LogP contribution in [0.4, 0.5) is 5.95 Å². The van der Waals surface area contributed by atoms with Gasteiger partial charge in [0.25, 0.3) is 0 Å². The average Bonchev–Trinajstić information content (AvgIpc) is 3.45. The highest BCUT2D eigenvalue weighted by molar-refractivity contribution is 5.96.